The summed E-state index contributed by atoms with van der Waals surface area (Å²) in [4.78, 5) is 10.8. The second-order valence-corrected chi connectivity index (χ2v) is 4.49. The van der Waals surface area contributed by atoms with Gasteiger partial charge in [-0.3, -0.25) is 4.79 Å². The van der Waals surface area contributed by atoms with Crippen LogP contribution in [0.2, 0.25) is 0 Å². The van der Waals surface area contributed by atoms with E-state index in [9.17, 15) is 4.79 Å². The first-order valence-electron chi connectivity index (χ1n) is 5.87. The molecule has 0 aliphatic carbocycles. The molecule has 0 saturated heterocycles. The van der Waals surface area contributed by atoms with Gasteiger partial charge in [-0.15, -0.1) is 0 Å². The number of hydrogen-bond acceptors (Lipinski definition) is 3. The summed E-state index contributed by atoms with van der Waals surface area (Å²) in [5.41, 5.74) is 7.43. The number of anilines is 1. The van der Waals surface area contributed by atoms with Gasteiger partial charge in [-0.05, 0) is 36.6 Å². The van der Waals surface area contributed by atoms with E-state index in [0.29, 0.717) is 5.69 Å². The Morgan fingerprint density at radius 2 is 2.35 bits per heavy atom. The predicted octanol–water partition coefficient (Wildman–Crippen LogP) is 2.07. The number of aliphatic carboxylic acids is 1. The van der Waals surface area contributed by atoms with Crippen LogP contribution >= 0.6 is 0 Å². The second kappa shape index (κ2) is 4.65. The summed E-state index contributed by atoms with van der Waals surface area (Å²) < 4.78 is 5.83. The van der Waals surface area contributed by atoms with Gasteiger partial charge in [-0.25, -0.2) is 0 Å². The minimum atomic E-state index is -0.774. The van der Waals surface area contributed by atoms with Crippen molar-refractivity contribution in [3.63, 3.8) is 0 Å². The van der Waals surface area contributed by atoms with E-state index in [0.717, 1.165) is 24.2 Å². The van der Waals surface area contributed by atoms with Crippen LogP contribution in [0.1, 0.15) is 25.3 Å². The van der Waals surface area contributed by atoms with Gasteiger partial charge < -0.3 is 15.6 Å². The number of carboxylic acids is 1. The molecule has 2 rings (SSSR count). The van der Waals surface area contributed by atoms with Crippen LogP contribution in [0, 0.1) is 5.92 Å². The largest absolute Gasteiger partial charge is 0.490 e. The average molecular weight is 235 g/mol. The maximum atomic E-state index is 10.8. The Morgan fingerprint density at radius 3 is 3.00 bits per heavy atom. The highest BCUT2D eigenvalue weighted by molar-refractivity contribution is 5.67. The van der Waals surface area contributed by atoms with Crippen molar-refractivity contribution in [2.45, 2.75) is 32.3 Å². The first-order valence-corrected chi connectivity index (χ1v) is 5.87. The van der Waals surface area contributed by atoms with Gasteiger partial charge >= 0.3 is 5.97 Å². The summed E-state index contributed by atoms with van der Waals surface area (Å²) >= 11 is 0. The number of carboxylic acid groups (broad SMARTS) is 1. The van der Waals surface area contributed by atoms with Crippen LogP contribution in [0.5, 0.6) is 5.75 Å². The molecule has 17 heavy (non-hydrogen) atoms. The molecule has 1 aromatic carbocycles. The van der Waals surface area contributed by atoms with Crippen molar-refractivity contribution in [2.24, 2.45) is 5.92 Å². The Hall–Kier alpha value is -1.71. The smallest absolute Gasteiger partial charge is 0.303 e. The molecule has 1 aromatic rings. The van der Waals surface area contributed by atoms with Gasteiger partial charge in [0.1, 0.15) is 11.9 Å². The zero-order chi connectivity index (χ0) is 12.4. The Balaban J connectivity index is 2.24. The monoisotopic (exact) mass is 235 g/mol. The minimum Gasteiger partial charge on any atom is -0.490 e. The maximum Gasteiger partial charge on any atom is 0.303 e. The number of benzene rings is 1. The first kappa shape index (κ1) is 11.8. The highest BCUT2D eigenvalue weighted by atomic mass is 16.5. The van der Waals surface area contributed by atoms with E-state index in [-0.39, 0.29) is 18.4 Å². The molecule has 0 saturated carbocycles. The summed E-state index contributed by atoms with van der Waals surface area (Å²) in [6, 6.07) is 5.55. The fraction of sp³-hybridized carbons (Fsp3) is 0.462. The van der Waals surface area contributed by atoms with Gasteiger partial charge in [0.2, 0.25) is 0 Å². The molecule has 0 radical (unpaired) electrons. The number of nitrogen functional groups attached to an aromatic ring is 1. The van der Waals surface area contributed by atoms with Crippen molar-refractivity contribution >= 4 is 11.7 Å². The highest BCUT2D eigenvalue weighted by Crippen LogP contribution is 2.34. The minimum absolute atomic E-state index is 0.0118. The van der Waals surface area contributed by atoms with Crippen molar-refractivity contribution in [3.8, 4) is 5.75 Å². The molecule has 0 bridgehead atoms. The van der Waals surface area contributed by atoms with Gasteiger partial charge in [0.05, 0.1) is 6.42 Å². The van der Waals surface area contributed by atoms with Crippen molar-refractivity contribution < 1.29 is 14.6 Å². The Morgan fingerprint density at radius 1 is 1.59 bits per heavy atom. The van der Waals surface area contributed by atoms with Gasteiger partial charge in [-0.1, -0.05) is 6.92 Å². The number of fused-ring (bicyclic) bond motifs is 1. The average Bonchev–Trinajstić information content (AvgIpc) is 2.27. The van der Waals surface area contributed by atoms with Crippen LogP contribution in [0.4, 0.5) is 5.69 Å². The molecule has 92 valence electrons. The fourth-order valence-electron chi connectivity index (χ4n) is 2.39. The third-order valence-electron chi connectivity index (χ3n) is 3.21. The quantitative estimate of drug-likeness (QED) is 0.787. The van der Waals surface area contributed by atoms with E-state index < -0.39 is 5.97 Å². The van der Waals surface area contributed by atoms with Crippen LogP contribution < -0.4 is 10.5 Å². The lowest BCUT2D eigenvalue weighted by Gasteiger charge is -2.32. The Bertz CT molecular complexity index is 431. The lowest BCUT2D eigenvalue weighted by atomic mass is 9.87. The molecule has 0 aromatic heterocycles. The van der Waals surface area contributed by atoms with Crippen LogP contribution in [-0.4, -0.2) is 17.2 Å². The number of rotatable bonds is 3. The van der Waals surface area contributed by atoms with E-state index in [1.807, 2.05) is 25.1 Å². The first-order chi connectivity index (χ1) is 8.10. The molecular weight excluding hydrogens is 218 g/mol. The molecular formula is C13H17NO3. The summed E-state index contributed by atoms with van der Waals surface area (Å²) in [7, 11) is 0. The highest BCUT2D eigenvalue weighted by Gasteiger charge is 2.30. The molecule has 0 amide bonds. The van der Waals surface area contributed by atoms with Crippen LogP contribution in [0.3, 0.4) is 0 Å². The second-order valence-electron chi connectivity index (χ2n) is 4.49. The summed E-state index contributed by atoms with van der Waals surface area (Å²) in [6.45, 7) is 2.02. The summed E-state index contributed by atoms with van der Waals surface area (Å²) in [5, 5.41) is 8.90. The van der Waals surface area contributed by atoms with Crippen molar-refractivity contribution in [1.29, 1.82) is 0 Å². The standard InChI is InChI=1S/C13H17NO3/c1-2-11-9(7-13(15)16)5-8-6-10(14)3-4-12(8)17-11/h3-4,6,9,11H,2,5,7,14H2,1H3,(H,15,16). The molecule has 0 spiro atoms. The molecule has 1 aliphatic heterocycles. The lowest BCUT2D eigenvalue weighted by molar-refractivity contribution is -0.139. The van der Waals surface area contributed by atoms with Gasteiger partial charge in [-0.2, -0.15) is 0 Å². The normalized spacial score (nSPS) is 22.6. The van der Waals surface area contributed by atoms with E-state index in [4.69, 9.17) is 15.6 Å². The number of carbonyl (C=O) groups is 1. The summed E-state index contributed by atoms with van der Waals surface area (Å²) in [6.07, 6.45) is 1.68. The van der Waals surface area contributed by atoms with E-state index >= 15 is 0 Å². The molecule has 0 fully saturated rings. The summed E-state index contributed by atoms with van der Waals surface area (Å²) in [5.74, 6) is 0.101. The van der Waals surface area contributed by atoms with E-state index in [2.05, 4.69) is 0 Å². The molecule has 2 unspecified atom stereocenters. The predicted molar refractivity (Wildman–Crippen MR) is 65.0 cm³/mol. The van der Waals surface area contributed by atoms with Crippen LogP contribution in [0.15, 0.2) is 18.2 Å². The maximum absolute atomic E-state index is 10.8. The fourth-order valence-corrected chi connectivity index (χ4v) is 2.39. The molecule has 3 N–H and O–H groups in total. The number of hydrogen-bond donors (Lipinski definition) is 2. The SMILES string of the molecule is CCC1Oc2ccc(N)cc2CC1CC(=O)O. The third-order valence-corrected chi connectivity index (χ3v) is 3.21. The number of nitrogens with two attached hydrogens (primary N) is 1. The Kier molecular flexibility index (Phi) is 3.22. The van der Waals surface area contributed by atoms with E-state index in [1.165, 1.54) is 0 Å². The van der Waals surface area contributed by atoms with Crippen molar-refractivity contribution in [2.75, 3.05) is 5.73 Å². The number of ether oxygens (including phenoxy) is 1. The van der Waals surface area contributed by atoms with Gasteiger partial charge in [0.25, 0.3) is 0 Å². The zero-order valence-electron chi connectivity index (χ0n) is 9.85. The molecule has 4 nitrogen and oxygen atoms in total. The van der Waals surface area contributed by atoms with E-state index in [1.54, 1.807) is 0 Å². The molecule has 1 aliphatic rings. The molecule has 2 atom stereocenters. The van der Waals surface area contributed by atoms with Gasteiger partial charge in [0, 0.05) is 11.6 Å². The van der Waals surface area contributed by atoms with Crippen molar-refractivity contribution in [3.05, 3.63) is 23.8 Å². The van der Waals surface area contributed by atoms with Gasteiger partial charge in [0.15, 0.2) is 0 Å². The van der Waals surface area contributed by atoms with Crippen LogP contribution in [-0.2, 0) is 11.2 Å². The molecule has 4 heteroatoms. The van der Waals surface area contributed by atoms with Crippen molar-refractivity contribution in [1.82, 2.24) is 0 Å². The zero-order valence-corrected chi connectivity index (χ0v) is 9.85. The third kappa shape index (κ3) is 2.52. The van der Waals surface area contributed by atoms with Crippen LogP contribution in [0.25, 0.3) is 0 Å². The lowest BCUT2D eigenvalue weighted by Crippen LogP contribution is -2.33. The molecule has 1 heterocycles. The topological polar surface area (TPSA) is 72.5 Å². The Labute approximate surface area is 100 Å².